The molecule has 0 saturated heterocycles. The number of benzene rings is 2. The smallest absolute Gasteiger partial charge is 0.325 e. The summed E-state index contributed by atoms with van der Waals surface area (Å²) in [5.41, 5.74) is 1.84. The molecule has 2 aromatic carbocycles. The second-order valence-corrected chi connectivity index (χ2v) is 7.90. The largest absolute Gasteiger partial charge is 0.480 e. The molecule has 0 spiro atoms. The van der Waals surface area contributed by atoms with Crippen molar-refractivity contribution in [3.63, 3.8) is 0 Å². The van der Waals surface area contributed by atoms with E-state index in [0.29, 0.717) is 5.56 Å². The van der Waals surface area contributed by atoms with Crippen LogP contribution in [0.4, 0.5) is 14.5 Å². The molecule has 0 fully saturated rings. The Morgan fingerprint density at radius 3 is 2.10 bits per heavy atom. The van der Waals surface area contributed by atoms with Crippen LogP contribution in [0.1, 0.15) is 44.4 Å². The predicted octanol–water partition coefficient (Wildman–Crippen LogP) is 5.06. The molecule has 0 heterocycles. The highest BCUT2D eigenvalue weighted by atomic mass is 19.1. The highest BCUT2D eigenvalue weighted by molar-refractivity contribution is 5.99. The minimum absolute atomic E-state index is 0.0347. The Bertz CT molecular complexity index is 999. The molecule has 5 nitrogen and oxygen atoms in total. The van der Waals surface area contributed by atoms with Gasteiger partial charge in [0.2, 0.25) is 5.91 Å². The van der Waals surface area contributed by atoms with Crippen LogP contribution in [0.3, 0.4) is 0 Å². The number of nitrogens with one attached hydrogen (secondary N) is 2. The third-order valence-corrected chi connectivity index (χ3v) is 4.96. The van der Waals surface area contributed by atoms with Crippen molar-refractivity contribution in [2.24, 2.45) is 0 Å². The van der Waals surface area contributed by atoms with E-state index in [4.69, 9.17) is 5.11 Å². The first-order chi connectivity index (χ1) is 14.4. The first-order valence-electron chi connectivity index (χ1n) is 10.0. The Balaban J connectivity index is 2.46. The molecule has 166 valence electrons. The highest BCUT2D eigenvalue weighted by Crippen LogP contribution is 2.34. The third-order valence-electron chi connectivity index (χ3n) is 4.96. The molecule has 1 atom stereocenters. The SMILES string of the molecule is C/C(=C\c1c(C)c(F)c(-c2ccc(NC(C)C)cc2)c(C)c1F)C(=O)N[C@H](C)C(=O)O. The van der Waals surface area contributed by atoms with Gasteiger partial charge in [0.15, 0.2) is 0 Å². The number of carbonyl (C=O) groups is 2. The van der Waals surface area contributed by atoms with Gasteiger partial charge in [-0.2, -0.15) is 0 Å². The van der Waals surface area contributed by atoms with Crippen LogP contribution in [-0.4, -0.2) is 29.1 Å². The summed E-state index contributed by atoms with van der Waals surface area (Å²) in [6.45, 7) is 9.70. The zero-order chi connectivity index (χ0) is 23.5. The standard InChI is InChI=1S/C24H28F2N2O3/c1-12(2)27-18-9-7-17(8-10-18)20-15(5)21(25)19(14(4)22(20)26)11-13(3)23(29)28-16(6)24(30)31/h7-12,16,27H,1-6H3,(H,28,29)(H,30,31)/b13-11+/t16-/m1/s1. The highest BCUT2D eigenvalue weighted by Gasteiger charge is 2.21. The Morgan fingerprint density at radius 1 is 1.00 bits per heavy atom. The van der Waals surface area contributed by atoms with E-state index in [0.717, 1.165) is 5.69 Å². The second kappa shape index (κ2) is 9.73. The normalized spacial score (nSPS) is 12.6. The number of carbonyl (C=O) groups excluding carboxylic acids is 1. The van der Waals surface area contributed by atoms with Crippen molar-refractivity contribution in [1.29, 1.82) is 0 Å². The molecule has 0 unspecified atom stereocenters. The van der Waals surface area contributed by atoms with Gasteiger partial charge in [-0.05, 0) is 76.4 Å². The van der Waals surface area contributed by atoms with Gasteiger partial charge in [-0.15, -0.1) is 0 Å². The van der Waals surface area contributed by atoms with Crippen molar-refractivity contribution >= 4 is 23.6 Å². The summed E-state index contributed by atoms with van der Waals surface area (Å²) in [4.78, 5) is 23.1. The van der Waals surface area contributed by atoms with E-state index in [1.165, 1.54) is 33.8 Å². The number of halogens is 2. The van der Waals surface area contributed by atoms with Crippen LogP contribution in [0.5, 0.6) is 0 Å². The lowest BCUT2D eigenvalue weighted by atomic mass is 9.92. The molecule has 2 rings (SSSR count). The van der Waals surface area contributed by atoms with E-state index >= 15 is 8.78 Å². The Labute approximate surface area is 181 Å². The lowest BCUT2D eigenvalue weighted by molar-refractivity contribution is -0.140. The fourth-order valence-electron chi connectivity index (χ4n) is 3.18. The van der Waals surface area contributed by atoms with E-state index in [2.05, 4.69) is 10.6 Å². The van der Waals surface area contributed by atoms with E-state index in [1.54, 1.807) is 12.1 Å². The van der Waals surface area contributed by atoms with Crippen LogP contribution in [0.25, 0.3) is 17.2 Å². The molecule has 0 aliphatic rings. The van der Waals surface area contributed by atoms with Gasteiger partial charge >= 0.3 is 5.97 Å². The number of amides is 1. The van der Waals surface area contributed by atoms with Crippen molar-refractivity contribution < 1.29 is 23.5 Å². The van der Waals surface area contributed by atoms with Gasteiger partial charge < -0.3 is 15.7 Å². The maximum absolute atomic E-state index is 15.3. The van der Waals surface area contributed by atoms with Crippen LogP contribution in [-0.2, 0) is 9.59 Å². The number of rotatable bonds is 7. The molecule has 0 aliphatic carbocycles. The molecule has 0 saturated carbocycles. The van der Waals surface area contributed by atoms with E-state index < -0.39 is 29.6 Å². The summed E-state index contributed by atoms with van der Waals surface area (Å²) in [6.07, 6.45) is 1.24. The first-order valence-corrected chi connectivity index (χ1v) is 10.0. The fourth-order valence-corrected chi connectivity index (χ4v) is 3.18. The average Bonchev–Trinajstić information content (AvgIpc) is 2.70. The van der Waals surface area contributed by atoms with Crippen LogP contribution in [0.15, 0.2) is 29.8 Å². The van der Waals surface area contributed by atoms with Crippen LogP contribution >= 0.6 is 0 Å². The maximum atomic E-state index is 15.3. The van der Waals surface area contributed by atoms with Gasteiger partial charge in [-0.3, -0.25) is 9.59 Å². The predicted molar refractivity (Wildman–Crippen MR) is 119 cm³/mol. The van der Waals surface area contributed by atoms with Crippen molar-refractivity contribution in [1.82, 2.24) is 5.32 Å². The number of hydrogen-bond acceptors (Lipinski definition) is 3. The quantitative estimate of drug-likeness (QED) is 0.537. The summed E-state index contributed by atoms with van der Waals surface area (Å²) in [5.74, 6) is -3.05. The number of hydrogen-bond donors (Lipinski definition) is 3. The summed E-state index contributed by atoms with van der Waals surface area (Å²) >= 11 is 0. The van der Waals surface area contributed by atoms with Gasteiger partial charge in [0.05, 0.1) is 0 Å². The van der Waals surface area contributed by atoms with E-state index in [1.807, 2.05) is 26.0 Å². The molecule has 2 aromatic rings. The molecule has 0 aliphatic heterocycles. The monoisotopic (exact) mass is 430 g/mol. The minimum atomic E-state index is -1.19. The number of aliphatic carboxylic acids is 1. The number of carboxylic acid groups (broad SMARTS) is 1. The average molecular weight is 430 g/mol. The zero-order valence-electron chi connectivity index (χ0n) is 18.6. The Kier molecular flexibility index (Phi) is 7.55. The summed E-state index contributed by atoms with van der Waals surface area (Å²) < 4.78 is 30.5. The van der Waals surface area contributed by atoms with Crippen molar-refractivity contribution in [2.45, 2.75) is 53.6 Å². The van der Waals surface area contributed by atoms with Gasteiger partial charge in [-0.1, -0.05) is 12.1 Å². The third kappa shape index (κ3) is 5.48. The second-order valence-electron chi connectivity index (χ2n) is 7.90. The summed E-state index contributed by atoms with van der Waals surface area (Å²) in [5, 5.41) is 14.5. The minimum Gasteiger partial charge on any atom is -0.480 e. The molecular formula is C24H28F2N2O3. The maximum Gasteiger partial charge on any atom is 0.325 e. The number of carboxylic acids is 1. The van der Waals surface area contributed by atoms with Crippen molar-refractivity contribution in [3.05, 3.63) is 58.2 Å². The Morgan fingerprint density at radius 2 is 1.58 bits per heavy atom. The molecule has 0 radical (unpaired) electrons. The van der Waals surface area contributed by atoms with Crippen LogP contribution in [0, 0.1) is 25.5 Å². The van der Waals surface area contributed by atoms with E-state index in [9.17, 15) is 9.59 Å². The molecule has 0 bridgehead atoms. The zero-order valence-corrected chi connectivity index (χ0v) is 18.6. The molecule has 3 N–H and O–H groups in total. The fraction of sp³-hybridized carbons (Fsp3) is 0.333. The van der Waals surface area contributed by atoms with Gasteiger partial charge in [0, 0.05) is 28.4 Å². The summed E-state index contributed by atoms with van der Waals surface area (Å²) in [6, 6.07) is 6.23. The molecule has 7 heteroatoms. The summed E-state index contributed by atoms with van der Waals surface area (Å²) in [7, 11) is 0. The lowest BCUT2D eigenvalue weighted by Gasteiger charge is -2.16. The van der Waals surface area contributed by atoms with Gasteiger partial charge in [0.1, 0.15) is 17.7 Å². The molecule has 1 amide bonds. The van der Waals surface area contributed by atoms with E-state index in [-0.39, 0.29) is 33.9 Å². The van der Waals surface area contributed by atoms with Crippen LogP contribution in [0.2, 0.25) is 0 Å². The molecular weight excluding hydrogens is 402 g/mol. The van der Waals surface area contributed by atoms with Gasteiger partial charge in [-0.25, -0.2) is 8.78 Å². The molecule has 0 aromatic heterocycles. The lowest BCUT2D eigenvalue weighted by Crippen LogP contribution is -2.38. The molecule has 31 heavy (non-hydrogen) atoms. The van der Waals surface area contributed by atoms with Crippen molar-refractivity contribution in [3.8, 4) is 11.1 Å². The van der Waals surface area contributed by atoms with Crippen LogP contribution < -0.4 is 10.6 Å². The topological polar surface area (TPSA) is 78.4 Å². The van der Waals surface area contributed by atoms with Gasteiger partial charge in [0.25, 0.3) is 0 Å². The Hall–Kier alpha value is -3.22. The number of anilines is 1. The van der Waals surface area contributed by atoms with Crippen molar-refractivity contribution in [2.75, 3.05) is 5.32 Å². The first kappa shape index (κ1) is 24.1.